The summed E-state index contributed by atoms with van der Waals surface area (Å²) in [6.07, 6.45) is 0. The molecule has 1 aromatic heterocycles. The van der Waals surface area contributed by atoms with Crippen LogP contribution in [0.1, 0.15) is 5.56 Å². The van der Waals surface area contributed by atoms with Crippen molar-refractivity contribution in [2.45, 2.75) is 6.92 Å². The Morgan fingerprint density at radius 1 is 1.27 bits per heavy atom. The zero-order valence-electron chi connectivity index (χ0n) is 6.03. The van der Waals surface area contributed by atoms with Gasteiger partial charge < -0.3 is 0 Å². The fourth-order valence-electron chi connectivity index (χ4n) is 1.01. The molecule has 0 aliphatic rings. The highest BCUT2D eigenvalue weighted by atomic mass is 16.6. The Bertz CT molecular complexity index is 360. The van der Waals surface area contributed by atoms with E-state index in [4.69, 9.17) is 7.85 Å². The van der Waals surface area contributed by atoms with E-state index in [9.17, 15) is 0 Å². The van der Waals surface area contributed by atoms with Crippen molar-refractivity contribution in [1.29, 1.82) is 0 Å². The van der Waals surface area contributed by atoms with E-state index >= 15 is 0 Å². The van der Waals surface area contributed by atoms with Crippen molar-refractivity contribution in [2.24, 2.45) is 0 Å². The van der Waals surface area contributed by atoms with Gasteiger partial charge in [-0.15, -0.1) is 0 Å². The van der Waals surface area contributed by atoms with Crippen molar-refractivity contribution in [1.82, 2.24) is 10.3 Å². The van der Waals surface area contributed by atoms with E-state index in [0.29, 0.717) is 11.0 Å². The molecule has 0 spiro atoms. The molecule has 0 atom stereocenters. The summed E-state index contributed by atoms with van der Waals surface area (Å²) in [5, 5.41) is 7.38. The van der Waals surface area contributed by atoms with E-state index < -0.39 is 0 Å². The van der Waals surface area contributed by atoms with Crippen LogP contribution in [-0.2, 0) is 0 Å². The second-order valence-corrected chi connectivity index (χ2v) is 2.43. The van der Waals surface area contributed by atoms with Gasteiger partial charge in [0.25, 0.3) is 0 Å². The van der Waals surface area contributed by atoms with E-state index in [1.54, 1.807) is 6.07 Å². The number of aryl methyl sites for hydroxylation is 1. The van der Waals surface area contributed by atoms with E-state index in [-0.39, 0.29) is 0 Å². The largest absolute Gasteiger partial charge is 0.243 e. The van der Waals surface area contributed by atoms with Crippen LogP contribution in [0.25, 0.3) is 11.0 Å². The molecule has 11 heavy (non-hydrogen) atoms. The van der Waals surface area contributed by atoms with E-state index in [2.05, 4.69) is 14.9 Å². The lowest BCUT2D eigenvalue weighted by atomic mass is 9.93. The van der Waals surface area contributed by atoms with Gasteiger partial charge in [0, 0.05) is 0 Å². The summed E-state index contributed by atoms with van der Waals surface area (Å²) >= 11 is 0. The van der Waals surface area contributed by atoms with Gasteiger partial charge in [-0.05, 0) is 17.6 Å². The van der Waals surface area contributed by atoms with Gasteiger partial charge in [-0.1, -0.05) is 22.8 Å². The number of nitrogens with zero attached hydrogens (tertiary/aromatic N) is 2. The highest BCUT2D eigenvalue weighted by molar-refractivity contribution is 6.38. The molecule has 2 radical (unpaired) electrons. The summed E-state index contributed by atoms with van der Waals surface area (Å²) in [6.45, 7) is 1.94. The van der Waals surface area contributed by atoms with Gasteiger partial charge in [-0.25, -0.2) is 4.63 Å². The van der Waals surface area contributed by atoms with Crippen LogP contribution in [0, 0.1) is 6.92 Å². The van der Waals surface area contributed by atoms with Crippen LogP contribution in [0.2, 0.25) is 0 Å². The Balaban J connectivity index is 2.96. The Labute approximate surface area is 64.8 Å². The molecular weight excluding hydrogens is 139 g/mol. The second-order valence-electron chi connectivity index (χ2n) is 2.43. The molecule has 1 aromatic carbocycles. The smallest absolute Gasteiger partial charge is 0.137 e. The number of fused-ring (bicyclic) bond motifs is 1. The molecule has 0 unspecified atom stereocenters. The maximum Gasteiger partial charge on any atom is 0.137 e. The lowest BCUT2D eigenvalue weighted by Gasteiger charge is -1.93. The van der Waals surface area contributed by atoms with Crippen LogP contribution in [0.15, 0.2) is 16.8 Å². The van der Waals surface area contributed by atoms with E-state index in [1.165, 1.54) is 0 Å². The minimum atomic E-state index is 0.604. The average molecular weight is 144 g/mol. The number of aromatic nitrogens is 2. The first-order valence-electron chi connectivity index (χ1n) is 3.26. The number of hydrogen-bond acceptors (Lipinski definition) is 3. The molecule has 4 heteroatoms. The molecule has 0 N–H and O–H groups in total. The summed E-state index contributed by atoms with van der Waals surface area (Å²) in [5.41, 5.74) is 3.01. The molecule has 0 aliphatic heterocycles. The molecule has 2 rings (SSSR count). The fourth-order valence-corrected chi connectivity index (χ4v) is 1.01. The lowest BCUT2D eigenvalue weighted by Crippen LogP contribution is -2.03. The molecule has 0 saturated carbocycles. The van der Waals surface area contributed by atoms with Gasteiger partial charge in [-0.3, -0.25) is 0 Å². The topological polar surface area (TPSA) is 38.9 Å². The summed E-state index contributed by atoms with van der Waals surface area (Å²) in [6, 6.07) is 3.68. The van der Waals surface area contributed by atoms with Crippen molar-refractivity contribution >= 4 is 24.3 Å². The minimum Gasteiger partial charge on any atom is -0.243 e. The van der Waals surface area contributed by atoms with Gasteiger partial charge >= 0.3 is 0 Å². The fraction of sp³-hybridized carbons (Fsp3) is 0.143. The van der Waals surface area contributed by atoms with Crippen LogP contribution < -0.4 is 5.46 Å². The van der Waals surface area contributed by atoms with Gasteiger partial charge in [0.2, 0.25) is 0 Å². The third kappa shape index (κ3) is 0.825. The Hall–Kier alpha value is -1.32. The highest BCUT2D eigenvalue weighted by Crippen LogP contribution is 2.10. The van der Waals surface area contributed by atoms with Crippen molar-refractivity contribution in [3.63, 3.8) is 0 Å². The van der Waals surface area contributed by atoms with E-state index in [0.717, 1.165) is 11.1 Å². The Morgan fingerprint density at radius 2 is 2.00 bits per heavy atom. The first-order chi connectivity index (χ1) is 5.29. The molecule has 0 bridgehead atoms. The lowest BCUT2D eigenvalue weighted by molar-refractivity contribution is 0.315. The third-order valence-electron chi connectivity index (χ3n) is 1.65. The highest BCUT2D eigenvalue weighted by Gasteiger charge is 2.04. The van der Waals surface area contributed by atoms with Crippen molar-refractivity contribution in [3.05, 3.63) is 17.7 Å². The van der Waals surface area contributed by atoms with Crippen LogP contribution in [0.5, 0.6) is 0 Å². The van der Waals surface area contributed by atoms with Gasteiger partial charge in [0.05, 0.1) is 0 Å². The molecule has 1 heterocycles. The Kier molecular flexibility index (Phi) is 1.21. The van der Waals surface area contributed by atoms with Crippen LogP contribution >= 0.6 is 0 Å². The second kappa shape index (κ2) is 2.08. The standard InChI is InChI=1S/C7H5BN2O/c1-4-2-3-5(8)7-6(4)9-11-10-7/h2-3H,1H3. The quantitative estimate of drug-likeness (QED) is 0.500. The monoisotopic (exact) mass is 144 g/mol. The summed E-state index contributed by atoms with van der Waals surface area (Å²) in [7, 11) is 5.61. The predicted octanol–water partition coefficient (Wildman–Crippen LogP) is 0.325. The first-order valence-corrected chi connectivity index (χ1v) is 3.26. The summed E-state index contributed by atoms with van der Waals surface area (Å²) < 4.78 is 4.55. The predicted molar refractivity (Wildman–Crippen MR) is 41.9 cm³/mol. The molecular formula is C7H5BN2O. The van der Waals surface area contributed by atoms with Gasteiger partial charge in [-0.2, -0.15) is 0 Å². The maximum atomic E-state index is 5.61. The number of hydrogen-bond donors (Lipinski definition) is 0. The van der Waals surface area contributed by atoms with Crippen molar-refractivity contribution in [2.75, 3.05) is 0 Å². The Morgan fingerprint density at radius 3 is 2.73 bits per heavy atom. The normalized spacial score (nSPS) is 10.6. The van der Waals surface area contributed by atoms with Crippen LogP contribution in [-0.4, -0.2) is 18.2 Å². The molecule has 0 fully saturated rings. The number of rotatable bonds is 0. The molecule has 52 valence electrons. The third-order valence-corrected chi connectivity index (χ3v) is 1.65. The molecule has 3 nitrogen and oxygen atoms in total. The molecule has 2 aromatic rings. The van der Waals surface area contributed by atoms with Gasteiger partial charge in [0.15, 0.2) is 0 Å². The molecule has 0 amide bonds. The zero-order chi connectivity index (χ0) is 7.84. The molecule has 0 saturated heterocycles. The van der Waals surface area contributed by atoms with Crippen LogP contribution in [0.4, 0.5) is 0 Å². The van der Waals surface area contributed by atoms with Crippen LogP contribution in [0.3, 0.4) is 0 Å². The van der Waals surface area contributed by atoms with E-state index in [1.807, 2.05) is 13.0 Å². The summed E-state index contributed by atoms with van der Waals surface area (Å²) in [5.74, 6) is 0. The number of benzene rings is 1. The average Bonchev–Trinajstić information content (AvgIpc) is 2.45. The first kappa shape index (κ1) is 6.40. The SMILES string of the molecule is [B]c1ccc(C)c2nonc12. The summed E-state index contributed by atoms with van der Waals surface area (Å²) in [4.78, 5) is 0. The van der Waals surface area contributed by atoms with Gasteiger partial charge in [0.1, 0.15) is 18.9 Å². The zero-order valence-corrected chi connectivity index (χ0v) is 6.03. The maximum absolute atomic E-state index is 5.61. The molecule has 0 aliphatic carbocycles. The minimum absolute atomic E-state index is 0.604. The van der Waals surface area contributed by atoms with Crippen molar-refractivity contribution in [3.8, 4) is 0 Å². The van der Waals surface area contributed by atoms with Crippen molar-refractivity contribution < 1.29 is 4.63 Å².